The maximum absolute atomic E-state index is 13.0. The fourth-order valence-corrected chi connectivity index (χ4v) is 1.98. The molecule has 21 heavy (non-hydrogen) atoms. The molecule has 5 nitrogen and oxygen atoms in total. The molecule has 0 saturated heterocycles. The third-order valence-corrected chi connectivity index (χ3v) is 3.01. The largest absolute Gasteiger partial charge is 0.398 e. The monoisotopic (exact) mass is 295 g/mol. The molecule has 0 aliphatic carbocycles. The number of nitrogens with zero attached hydrogens (tertiary/aromatic N) is 1. The zero-order valence-corrected chi connectivity index (χ0v) is 12.8. The second-order valence-corrected chi connectivity index (χ2v) is 5.62. The first-order valence-electron chi connectivity index (χ1n) is 6.79. The van der Waals surface area contributed by atoms with Crippen LogP contribution in [0.2, 0.25) is 0 Å². The molecule has 1 aromatic rings. The van der Waals surface area contributed by atoms with E-state index in [4.69, 9.17) is 5.73 Å². The van der Waals surface area contributed by atoms with Crippen molar-refractivity contribution in [1.29, 1.82) is 0 Å². The van der Waals surface area contributed by atoms with Crippen LogP contribution in [0.4, 0.5) is 10.1 Å². The highest BCUT2D eigenvalue weighted by molar-refractivity contribution is 6.01. The Kier molecular flexibility index (Phi) is 5.69. The van der Waals surface area contributed by atoms with Crippen LogP contribution in [-0.4, -0.2) is 36.9 Å². The number of hydrogen-bond acceptors (Lipinski definition) is 3. The van der Waals surface area contributed by atoms with E-state index in [1.54, 1.807) is 14.1 Å². The molecule has 116 valence electrons. The molecule has 1 aromatic carbocycles. The lowest BCUT2D eigenvalue weighted by molar-refractivity contribution is -0.131. The van der Waals surface area contributed by atoms with Gasteiger partial charge in [-0.1, -0.05) is 13.8 Å². The lowest BCUT2D eigenvalue weighted by Gasteiger charge is -2.23. The van der Waals surface area contributed by atoms with Crippen molar-refractivity contribution in [3.8, 4) is 0 Å². The first-order valence-corrected chi connectivity index (χ1v) is 6.79. The number of hydrogen-bond donors (Lipinski definition) is 2. The lowest BCUT2D eigenvalue weighted by atomic mass is 10.0. The summed E-state index contributed by atoms with van der Waals surface area (Å²) < 4.78 is 13.0. The maximum Gasteiger partial charge on any atom is 0.254 e. The van der Waals surface area contributed by atoms with Gasteiger partial charge in [0.1, 0.15) is 11.9 Å². The van der Waals surface area contributed by atoms with Gasteiger partial charge in [-0.15, -0.1) is 0 Å². The molecule has 0 spiro atoms. The molecule has 1 atom stereocenters. The van der Waals surface area contributed by atoms with E-state index >= 15 is 0 Å². The number of carbonyl (C=O) groups is 2. The predicted molar refractivity (Wildman–Crippen MR) is 80.2 cm³/mol. The molecule has 0 saturated carbocycles. The Bertz CT molecular complexity index is 530. The molecule has 0 heterocycles. The minimum atomic E-state index is -0.628. The number of carbonyl (C=O) groups excluding carboxylic acids is 2. The van der Waals surface area contributed by atoms with Crippen LogP contribution < -0.4 is 11.1 Å². The number of likely N-dealkylation sites (N-methyl/N-ethyl adjacent to an activating group) is 1. The van der Waals surface area contributed by atoms with Crippen LogP contribution in [0.15, 0.2) is 18.2 Å². The van der Waals surface area contributed by atoms with E-state index in [-0.39, 0.29) is 23.1 Å². The summed E-state index contributed by atoms with van der Waals surface area (Å²) in [7, 11) is 3.27. The highest BCUT2D eigenvalue weighted by Gasteiger charge is 2.24. The maximum atomic E-state index is 13.0. The van der Waals surface area contributed by atoms with Crippen LogP contribution in [0.5, 0.6) is 0 Å². The molecule has 0 bridgehead atoms. The van der Waals surface area contributed by atoms with Gasteiger partial charge in [0.2, 0.25) is 5.91 Å². The lowest BCUT2D eigenvalue weighted by Crippen LogP contribution is -2.47. The Balaban J connectivity index is 2.92. The summed E-state index contributed by atoms with van der Waals surface area (Å²) in [6.45, 7) is 3.93. The van der Waals surface area contributed by atoms with Crippen LogP contribution in [0.3, 0.4) is 0 Å². The fraction of sp³-hybridized carbons (Fsp3) is 0.467. The summed E-state index contributed by atoms with van der Waals surface area (Å²) in [6.07, 6.45) is 0.518. The number of nitrogens with two attached hydrogens (primary N) is 1. The van der Waals surface area contributed by atoms with Crippen LogP contribution in [0, 0.1) is 11.7 Å². The van der Waals surface area contributed by atoms with E-state index in [2.05, 4.69) is 5.32 Å². The van der Waals surface area contributed by atoms with Gasteiger partial charge in [-0.2, -0.15) is 0 Å². The van der Waals surface area contributed by atoms with Gasteiger partial charge >= 0.3 is 0 Å². The molecule has 0 aliphatic rings. The molecule has 2 amide bonds. The number of amides is 2. The van der Waals surface area contributed by atoms with Gasteiger partial charge < -0.3 is 16.0 Å². The summed E-state index contributed by atoms with van der Waals surface area (Å²) in [5, 5.41) is 2.67. The minimum Gasteiger partial charge on any atom is -0.398 e. The van der Waals surface area contributed by atoms with Gasteiger partial charge in [-0.3, -0.25) is 9.59 Å². The highest BCUT2D eigenvalue weighted by atomic mass is 19.1. The number of nitrogen functional groups attached to an aromatic ring is 1. The average Bonchev–Trinajstić information content (AvgIpc) is 2.36. The Hall–Kier alpha value is -2.11. The molecule has 0 radical (unpaired) electrons. The second kappa shape index (κ2) is 7.06. The summed E-state index contributed by atoms with van der Waals surface area (Å²) in [5.41, 5.74) is 5.85. The van der Waals surface area contributed by atoms with Gasteiger partial charge in [-0.05, 0) is 30.5 Å². The van der Waals surface area contributed by atoms with E-state index in [0.717, 1.165) is 12.1 Å². The number of halogens is 1. The van der Waals surface area contributed by atoms with Crippen molar-refractivity contribution in [3.05, 3.63) is 29.6 Å². The number of rotatable bonds is 5. The van der Waals surface area contributed by atoms with E-state index in [1.165, 1.54) is 11.0 Å². The summed E-state index contributed by atoms with van der Waals surface area (Å²) in [4.78, 5) is 25.7. The first kappa shape index (κ1) is 16.9. The first-order chi connectivity index (χ1) is 9.72. The van der Waals surface area contributed by atoms with Crippen molar-refractivity contribution in [2.45, 2.75) is 26.3 Å². The third-order valence-electron chi connectivity index (χ3n) is 3.01. The second-order valence-electron chi connectivity index (χ2n) is 5.62. The molecule has 3 N–H and O–H groups in total. The molecule has 1 rings (SSSR count). The van der Waals surface area contributed by atoms with Crippen LogP contribution in [-0.2, 0) is 4.79 Å². The van der Waals surface area contributed by atoms with Crippen molar-refractivity contribution < 1.29 is 14.0 Å². The fourth-order valence-electron chi connectivity index (χ4n) is 1.98. The van der Waals surface area contributed by atoms with Crippen LogP contribution in [0.1, 0.15) is 30.6 Å². The summed E-state index contributed by atoms with van der Waals surface area (Å²) >= 11 is 0. The smallest absolute Gasteiger partial charge is 0.254 e. The van der Waals surface area contributed by atoms with Gasteiger partial charge in [0.05, 0.1) is 5.56 Å². The third kappa shape index (κ3) is 4.73. The normalized spacial score (nSPS) is 12.1. The Morgan fingerprint density at radius 3 is 2.43 bits per heavy atom. The van der Waals surface area contributed by atoms with Gasteiger partial charge in [-0.25, -0.2) is 4.39 Å². The Morgan fingerprint density at radius 1 is 1.33 bits per heavy atom. The van der Waals surface area contributed by atoms with Gasteiger partial charge in [0.15, 0.2) is 0 Å². The Labute approximate surface area is 124 Å². The van der Waals surface area contributed by atoms with Crippen LogP contribution in [0.25, 0.3) is 0 Å². The van der Waals surface area contributed by atoms with Gasteiger partial charge in [0.25, 0.3) is 5.91 Å². The molecule has 1 unspecified atom stereocenters. The molecule has 0 aromatic heterocycles. The van der Waals surface area contributed by atoms with Crippen molar-refractivity contribution in [1.82, 2.24) is 10.2 Å². The van der Waals surface area contributed by atoms with E-state index in [0.29, 0.717) is 6.42 Å². The topological polar surface area (TPSA) is 75.4 Å². The molecule has 0 fully saturated rings. The number of nitrogens with one attached hydrogen (secondary N) is 1. The summed E-state index contributed by atoms with van der Waals surface area (Å²) in [5.74, 6) is -0.928. The van der Waals surface area contributed by atoms with Gasteiger partial charge in [0, 0.05) is 19.8 Å². The number of anilines is 1. The standard InChI is InChI=1S/C15H22FN3O2/c1-9(2)7-13(15(21)19(3)4)18-14(20)11-6-5-10(16)8-12(11)17/h5-6,8-9,13H,7,17H2,1-4H3,(H,18,20). The SMILES string of the molecule is CC(C)CC(NC(=O)c1ccc(F)cc1N)C(=O)N(C)C. The highest BCUT2D eigenvalue weighted by Crippen LogP contribution is 2.15. The summed E-state index contributed by atoms with van der Waals surface area (Å²) in [6, 6.07) is 2.93. The minimum absolute atomic E-state index is 0.0492. The van der Waals surface area contributed by atoms with Crippen molar-refractivity contribution in [2.75, 3.05) is 19.8 Å². The van der Waals surface area contributed by atoms with E-state index < -0.39 is 17.8 Å². The molecule has 6 heteroatoms. The van der Waals surface area contributed by atoms with E-state index in [9.17, 15) is 14.0 Å². The van der Waals surface area contributed by atoms with E-state index in [1.807, 2.05) is 13.8 Å². The van der Waals surface area contributed by atoms with Crippen molar-refractivity contribution >= 4 is 17.5 Å². The molecule has 0 aliphatic heterocycles. The predicted octanol–water partition coefficient (Wildman–Crippen LogP) is 1.64. The molecular formula is C15H22FN3O2. The zero-order valence-electron chi connectivity index (χ0n) is 12.8. The van der Waals surface area contributed by atoms with Crippen molar-refractivity contribution in [2.24, 2.45) is 5.92 Å². The quantitative estimate of drug-likeness (QED) is 0.811. The zero-order chi connectivity index (χ0) is 16.2. The Morgan fingerprint density at radius 2 is 1.95 bits per heavy atom. The number of benzene rings is 1. The molecular weight excluding hydrogens is 273 g/mol. The van der Waals surface area contributed by atoms with Crippen molar-refractivity contribution in [3.63, 3.8) is 0 Å². The van der Waals surface area contributed by atoms with Crippen LogP contribution >= 0.6 is 0 Å². The average molecular weight is 295 g/mol.